The van der Waals surface area contributed by atoms with Gasteiger partial charge in [-0.1, -0.05) is 36.4 Å². The highest BCUT2D eigenvalue weighted by molar-refractivity contribution is 5.83. The molecule has 4 aromatic rings. The lowest BCUT2D eigenvalue weighted by Gasteiger charge is -2.05. The van der Waals surface area contributed by atoms with E-state index in [4.69, 9.17) is 0 Å². The fraction of sp³-hybridized carbons (Fsp3) is 0.0952. The number of pyridine rings is 1. The standard InChI is InChI=1S/C21H18N4O/c26-20(23-14-15-8-10-22-11-9-15)13-16-6-7-18-19(12-16)25-21(24-18)17-4-2-1-3-5-17/h1-12H,13-14H2,(H,23,26)(H,24,25). The predicted molar refractivity (Wildman–Crippen MR) is 101 cm³/mol. The first-order chi connectivity index (χ1) is 12.8. The summed E-state index contributed by atoms with van der Waals surface area (Å²) in [5.41, 5.74) is 4.85. The number of hydrogen-bond donors (Lipinski definition) is 2. The van der Waals surface area contributed by atoms with E-state index >= 15 is 0 Å². The second kappa shape index (κ2) is 7.19. The Morgan fingerprint density at radius 3 is 2.58 bits per heavy atom. The molecule has 0 aliphatic heterocycles. The maximum absolute atomic E-state index is 12.2. The zero-order valence-electron chi connectivity index (χ0n) is 14.1. The van der Waals surface area contributed by atoms with E-state index in [-0.39, 0.29) is 5.91 Å². The van der Waals surface area contributed by atoms with Gasteiger partial charge in [-0.05, 0) is 35.4 Å². The average molecular weight is 342 g/mol. The van der Waals surface area contributed by atoms with Gasteiger partial charge in [-0.25, -0.2) is 4.98 Å². The molecule has 5 nitrogen and oxygen atoms in total. The van der Waals surface area contributed by atoms with Crippen LogP contribution in [0.5, 0.6) is 0 Å². The van der Waals surface area contributed by atoms with Crippen LogP contribution in [-0.4, -0.2) is 20.9 Å². The fourth-order valence-electron chi connectivity index (χ4n) is 2.85. The van der Waals surface area contributed by atoms with Crippen molar-refractivity contribution in [2.45, 2.75) is 13.0 Å². The maximum atomic E-state index is 12.2. The van der Waals surface area contributed by atoms with E-state index in [1.807, 2.05) is 60.7 Å². The predicted octanol–water partition coefficient (Wildman–Crippen LogP) is 3.48. The van der Waals surface area contributed by atoms with Crippen LogP contribution in [0.1, 0.15) is 11.1 Å². The summed E-state index contributed by atoms with van der Waals surface area (Å²) in [5.74, 6) is 0.823. The van der Waals surface area contributed by atoms with Crippen molar-refractivity contribution in [2.24, 2.45) is 0 Å². The lowest BCUT2D eigenvalue weighted by Crippen LogP contribution is -2.24. The van der Waals surface area contributed by atoms with Gasteiger partial charge >= 0.3 is 0 Å². The van der Waals surface area contributed by atoms with Gasteiger partial charge in [0.1, 0.15) is 5.82 Å². The lowest BCUT2D eigenvalue weighted by atomic mass is 10.1. The van der Waals surface area contributed by atoms with Crippen molar-refractivity contribution in [2.75, 3.05) is 0 Å². The number of nitrogens with zero attached hydrogens (tertiary/aromatic N) is 2. The Labute approximate surface area is 151 Å². The number of carbonyl (C=O) groups excluding carboxylic acids is 1. The normalized spacial score (nSPS) is 10.8. The van der Waals surface area contributed by atoms with E-state index in [2.05, 4.69) is 20.3 Å². The molecule has 4 rings (SSSR count). The molecule has 0 atom stereocenters. The molecule has 2 aromatic carbocycles. The Kier molecular flexibility index (Phi) is 4.43. The summed E-state index contributed by atoms with van der Waals surface area (Å²) in [6.07, 6.45) is 3.77. The number of hydrogen-bond acceptors (Lipinski definition) is 3. The third-order valence-corrected chi connectivity index (χ3v) is 4.20. The highest BCUT2D eigenvalue weighted by Gasteiger charge is 2.08. The van der Waals surface area contributed by atoms with Crippen LogP contribution in [0, 0.1) is 0 Å². The topological polar surface area (TPSA) is 70.7 Å². The minimum Gasteiger partial charge on any atom is -0.352 e. The number of rotatable bonds is 5. The number of benzene rings is 2. The van der Waals surface area contributed by atoms with Gasteiger partial charge in [0.15, 0.2) is 0 Å². The molecule has 0 fully saturated rings. The van der Waals surface area contributed by atoms with E-state index in [1.165, 1.54) is 0 Å². The Morgan fingerprint density at radius 1 is 0.962 bits per heavy atom. The van der Waals surface area contributed by atoms with Crippen LogP contribution in [0.15, 0.2) is 73.1 Å². The number of aromatic amines is 1. The number of imidazole rings is 1. The van der Waals surface area contributed by atoms with E-state index in [9.17, 15) is 4.79 Å². The van der Waals surface area contributed by atoms with E-state index in [1.54, 1.807) is 12.4 Å². The summed E-state index contributed by atoms with van der Waals surface area (Å²) in [6.45, 7) is 0.506. The van der Waals surface area contributed by atoms with Gasteiger partial charge in [0, 0.05) is 24.5 Å². The summed E-state index contributed by atoms with van der Waals surface area (Å²) in [5, 5.41) is 2.93. The van der Waals surface area contributed by atoms with Crippen molar-refractivity contribution in [3.63, 3.8) is 0 Å². The Balaban J connectivity index is 1.46. The maximum Gasteiger partial charge on any atom is 0.224 e. The van der Waals surface area contributed by atoms with Crippen molar-refractivity contribution in [1.82, 2.24) is 20.3 Å². The number of carbonyl (C=O) groups is 1. The first-order valence-corrected chi connectivity index (χ1v) is 8.47. The summed E-state index contributed by atoms with van der Waals surface area (Å²) < 4.78 is 0. The number of aromatic nitrogens is 3. The van der Waals surface area contributed by atoms with Crippen molar-refractivity contribution in [3.05, 3.63) is 84.2 Å². The van der Waals surface area contributed by atoms with Gasteiger partial charge in [-0.3, -0.25) is 9.78 Å². The fourth-order valence-corrected chi connectivity index (χ4v) is 2.85. The largest absolute Gasteiger partial charge is 0.352 e. The second-order valence-electron chi connectivity index (χ2n) is 6.11. The van der Waals surface area contributed by atoms with Gasteiger partial charge in [-0.2, -0.15) is 0 Å². The van der Waals surface area contributed by atoms with Gasteiger partial charge < -0.3 is 10.3 Å². The molecule has 0 radical (unpaired) electrons. The van der Waals surface area contributed by atoms with E-state index < -0.39 is 0 Å². The molecule has 0 saturated heterocycles. The van der Waals surface area contributed by atoms with Crippen LogP contribution < -0.4 is 5.32 Å². The molecule has 2 aromatic heterocycles. The highest BCUT2D eigenvalue weighted by Crippen LogP contribution is 2.21. The van der Waals surface area contributed by atoms with Gasteiger partial charge in [-0.15, -0.1) is 0 Å². The lowest BCUT2D eigenvalue weighted by molar-refractivity contribution is -0.120. The number of amides is 1. The van der Waals surface area contributed by atoms with E-state index in [0.29, 0.717) is 13.0 Å². The molecule has 2 heterocycles. The second-order valence-corrected chi connectivity index (χ2v) is 6.11. The van der Waals surface area contributed by atoms with E-state index in [0.717, 1.165) is 33.5 Å². The number of nitrogens with one attached hydrogen (secondary N) is 2. The van der Waals surface area contributed by atoms with Crippen LogP contribution in [-0.2, 0) is 17.8 Å². The van der Waals surface area contributed by atoms with Crippen molar-refractivity contribution in [3.8, 4) is 11.4 Å². The first kappa shape index (κ1) is 16.0. The third-order valence-electron chi connectivity index (χ3n) is 4.20. The average Bonchev–Trinajstić information content (AvgIpc) is 3.11. The smallest absolute Gasteiger partial charge is 0.224 e. The quantitative estimate of drug-likeness (QED) is 0.583. The monoisotopic (exact) mass is 342 g/mol. The van der Waals surface area contributed by atoms with Gasteiger partial charge in [0.25, 0.3) is 0 Å². The summed E-state index contributed by atoms with van der Waals surface area (Å²) in [4.78, 5) is 24.1. The molecule has 0 spiro atoms. The molecular weight excluding hydrogens is 324 g/mol. The molecule has 0 aliphatic rings. The van der Waals surface area contributed by atoms with Crippen LogP contribution >= 0.6 is 0 Å². The molecule has 2 N–H and O–H groups in total. The molecule has 128 valence electrons. The highest BCUT2D eigenvalue weighted by atomic mass is 16.1. The van der Waals surface area contributed by atoms with Crippen LogP contribution in [0.3, 0.4) is 0 Å². The Hall–Kier alpha value is -3.47. The minimum absolute atomic E-state index is 0.0102. The van der Waals surface area contributed by atoms with Crippen LogP contribution in [0.4, 0.5) is 0 Å². The molecule has 5 heteroatoms. The van der Waals surface area contributed by atoms with Crippen LogP contribution in [0.25, 0.3) is 22.4 Å². The molecule has 0 bridgehead atoms. The SMILES string of the molecule is O=C(Cc1ccc2nc(-c3ccccc3)[nH]c2c1)NCc1ccncc1. The van der Waals surface area contributed by atoms with Gasteiger partial charge in [0.2, 0.25) is 5.91 Å². The van der Waals surface area contributed by atoms with Crippen molar-refractivity contribution >= 4 is 16.9 Å². The molecule has 1 amide bonds. The van der Waals surface area contributed by atoms with Crippen molar-refractivity contribution < 1.29 is 4.79 Å². The minimum atomic E-state index is -0.0102. The molecule has 26 heavy (non-hydrogen) atoms. The summed E-state index contributed by atoms with van der Waals surface area (Å²) in [7, 11) is 0. The van der Waals surface area contributed by atoms with Gasteiger partial charge in [0.05, 0.1) is 17.5 Å². The zero-order valence-corrected chi connectivity index (χ0v) is 14.1. The Morgan fingerprint density at radius 2 is 1.77 bits per heavy atom. The number of H-pyrrole nitrogens is 1. The molecule has 0 unspecified atom stereocenters. The number of fused-ring (bicyclic) bond motifs is 1. The molecular formula is C21H18N4O. The third kappa shape index (κ3) is 3.62. The van der Waals surface area contributed by atoms with Crippen molar-refractivity contribution in [1.29, 1.82) is 0 Å². The first-order valence-electron chi connectivity index (χ1n) is 8.47. The zero-order chi connectivity index (χ0) is 17.8. The summed E-state index contributed by atoms with van der Waals surface area (Å²) >= 11 is 0. The molecule has 0 aliphatic carbocycles. The van der Waals surface area contributed by atoms with Crippen LogP contribution in [0.2, 0.25) is 0 Å². The molecule has 0 saturated carbocycles. The summed E-state index contributed by atoms with van der Waals surface area (Å²) in [6, 6.07) is 19.7. The Bertz CT molecular complexity index is 1030.